The predicted molar refractivity (Wildman–Crippen MR) is 85.2 cm³/mol. The molecule has 1 fully saturated rings. The standard InChI is InChI=1S/C18H27NO2/c1-13-7-6-8-16(11-13)18(9-4-5-10-18)17(21)19-15(3)14(2)12-20/h6-8,11,14-15,20H,4-5,9-10,12H2,1-3H3,(H,19,21). The second-order valence-electron chi connectivity index (χ2n) is 6.58. The summed E-state index contributed by atoms with van der Waals surface area (Å²) in [6.07, 6.45) is 4.04. The number of amides is 1. The fourth-order valence-electron chi connectivity index (χ4n) is 3.21. The Morgan fingerprint density at radius 1 is 1.33 bits per heavy atom. The average molecular weight is 289 g/mol. The minimum absolute atomic E-state index is 0.00946. The Hall–Kier alpha value is -1.35. The van der Waals surface area contributed by atoms with Crippen molar-refractivity contribution < 1.29 is 9.90 Å². The molecule has 3 nitrogen and oxygen atoms in total. The van der Waals surface area contributed by atoms with Crippen molar-refractivity contribution in [2.24, 2.45) is 5.92 Å². The lowest BCUT2D eigenvalue weighted by Crippen LogP contribution is -2.48. The van der Waals surface area contributed by atoms with Gasteiger partial charge in [-0.2, -0.15) is 0 Å². The summed E-state index contributed by atoms with van der Waals surface area (Å²) in [4.78, 5) is 12.9. The van der Waals surface area contributed by atoms with Gasteiger partial charge in [0, 0.05) is 12.6 Å². The Balaban J connectivity index is 2.24. The zero-order valence-electron chi connectivity index (χ0n) is 13.4. The second-order valence-corrected chi connectivity index (χ2v) is 6.58. The van der Waals surface area contributed by atoms with Gasteiger partial charge in [0.2, 0.25) is 5.91 Å². The van der Waals surface area contributed by atoms with Crippen LogP contribution in [0.3, 0.4) is 0 Å². The molecule has 2 atom stereocenters. The van der Waals surface area contributed by atoms with Gasteiger partial charge in [-0.1, -0.05) is 49.6 Å². The highest BCUT2D eigenvalue weighted by atomic mass is 16.3. The van der Waals surface area contributed by atoms with Gasteiger partial charge in [0.25, 0.3) is 0 Å². The molecule has 0 bridgehead atoms. The van der Waals surface area contributed by atoms with Crippen LogP contribution in [0.15, 0.2) is 24.3 Å². The summed E-state index contributed by atoms with van der Waals surface area (Å²) >= 11 is 0. The predicted octanol–water partition coefficient (Wildman–Crippen LogP) is 2.94. The Labute approximate surface area is 127 Å². The van der Waals surface area contributed by atoms with E-state index in [9.17, 15) is 9.90 Å². The fourth-order valence-corrected chi connectivity index (χ4v) is 3.21. The molecule has 21 heavy (non-hydrogen) atoms. The monoisotopic (exact) mass is 289 g/mol. The van der Waals surface area contributed by atoms with Crippen LogP contribution in [0.4, 0.5) is 0 Å². The van der Waals surface area contributed by atoms with E-state index in [-0.39, 0.29) is 29.9 Å². The highest BCUT2D eigenvalue weighted by molar-refractivity contribution is 5.88. The maximum atomic E-state index is 12.9. The molecule has 2 rings (SSSR count). The number of hydrogen-bond donors (Lipinski definition) is 2. The number of hydrogen-bond acceptors (Lipinski definition) is 2. The molecule has 116 valence electrons. The number of carbonyl (C=O) groups is 1. The SMILES string of the molecule is Cc1cccc(C2(C(=O)NC(C)C(C)CO)CCCC2)c1. The van der Waals surface area contributed by atoms with Crippen LogP contribution in [0.1, 0.15) is 50.7 Å². The number of rotatable bonds is 5. The zero-order valence-corrected chi connectivity index (χ0v) is 13.4. The van der Waals surface area contributed by atoms with Crippen LogP contribution in [0, 0.1) is 12.8 Å². The molecular formula is C18H27NO2. The molecule has 1 aromatic carbocycles. The Morgan fingerprint density at radius 2 is 2.00 bits per heavy atom. The molecule has 0 aromatic heterocycles. The van der Waals surface area contributed by atoms with Crippen molar-refractivity contribution in [2.75, 3.05) is 6.61 Å². The van der Waals surface area contributed by atoms with E-state index in [1.165, 1.54) is 5.56 Å². The quantitative estimate of drug-likeness (QED) is 0.875. The van der Waals surface area contributed by atoms with E-state index in [0.717, 1.165) is 31.2 Å². The number of carbonyl (C=O) groups excluding carboxylic acids is 1. The molecule has 2 N–H and O–H groups in total. The van der Waals surface area contributed by atoms with Gasteiger partial charge in [-0.25, -0.2) is 0 Å². The van der Waals surface area contributed by atoms with Gasteiger partial charge in [-0.3, -0.25) is 4.79 Å². The first kappa shape index (κ1) is 16.0. The topological polar surface area (TPSA) is 49.3 Å². The van der Waals surface area contributed by atoms with Gasteiger partial charge in [0.05, 0.1) is 5.41 Å². The van der Waals surface area contributed by atoms with E-state index in [0.29, 0.717) is 0 Å². The van der Waals surface area contributed by atoms with Gasteiger partial charge < -0.3 is 10.4 Å². The summed E-state index contributed by atoms with van der Waals surface area (Å²) in [5, 5.41) is 12.4. The lowest BCUT2D eigenvalue weighted by Gasteiger charge is -2.31. The molecule has 3 heteroatoms. The van der Waals surface area contributed by atoms with Crippen molar-refractivity contribution in [3.8, 4) is 0 Å². The van der Waals surface area contributed by atoms with Crippen LogP contribution in [0.2, 0.25) is 0 Å². The summed E-state index contributed by atoms with van der Waals surface area (Å²) in [6, 6.07) is 8.33. The highest BCUT2D eigenvalue weighted by Gasteiger charge is 2.43. The van der Waals surface area contributed by atoms with E-state index in [1.807, 2.05) is 19.9 Å². The number of aryl methyl sites for hydroxylation is 1. The van der Waals surface area contributed by atoms with Gasteiger partial charge in [0.1, 0.15) is 0 Å². The third-order valence-corrected chi connectivity index (χ3v) is 4.96. The second kappa shape index (κ2) is 6.61. The summed E-state index contributed by atoms with van der Waals surface area (Å²) in [5.41, 5.74) is 1.96. The smallest absolute Gasteiger partial charge is 0.230 e. The van der Waals surface area contributed by atoms with Crippen LogP contribution in [0.5, 0.6) is 0 Å². The van der Waals surface area contributed by atoms with E-state index in [2.05, 4.69) is 30.4 Å². The Bertz CT molecular complexity index is 492. The molecule has 0 heterocycles. The molecule has 1 aromatic rings. The van der Waals surface area contributed by atoms with E-state index < -0.39 is 0 Å². The number of benzene rings is 1. The first-order chi connectivity index (χ1) is 9.99. The molecule has 1 saturated carbocycles. The van der Waals surface area contributed by atoms with Crippen LogP contribution in [0.25, 0.3) is 0 Å². The van der Waals surface area contributed by atoms with Gasteiger partial charge in [-0.15, -0.1) is 0 Å². The van der Waals surface area contributed by atoms with E-state index >= 15 is 0 Å². The van der Waals surface area contributed by atoms with E-state index in [4.69, 9.17) is 0 Å². The molecule has 0 radical (unpaired) electrons. The van der Waals surface area contributed by atoms with Crippen LogP contribution in [-0.2, 0) is 10.2 Å². The van der Waals surface area contributed by atoms with Crippen LogP contribution in [-0.4, -0.2) is 23.7 Å². The van der Waals surface area contributed by atoms with Crippen LogP contribution < -0.4 is 5.32 Å². The normalized spacial score (nSPS) is 20.0. The van der Waals surface area contributed by atoms with Gasteiger partial charge in [0.15, 0.2) is 0 Å². The molecule has 0 saturated heterocycles. The van der Waals surface area contributed by atoms with Crippen molar-refractivity contribution in [3.63, 3.8) is 0 Å². The lowest BCUT2D eigenvalue weighted by atomic mass is 9.77. The molecule has 2 unspecified atom stereocenters. The van der Waals surface area contributed by atoms with Gasteiger partial charge in [-0.05, 0) is 38.2 Å². The van der Waals surface area contributed by atoms with Crippen molar-refractivity contribution >= 4 is 5.91 Å². The van der Waals surface area contributed by atoms with E-state index in [1.54, 1.807) is 0 Å². The summed E-state index contributed by atoms with van der Waals surface area (Å²) in [6.45, 7) is 6.09. The largest absolute Gasteiger partial charge is 0.396 e. The first-order valence-corrected chi connectivity index (χ1v) is 7.98. The molecular weight excluding hydrogens is 262 g/mol. The number of nitrogens with one attached hydrogen (secondary N) is 1. The molecule has 1 aliphatic carbocycles. The summed E-state index contributed by atoms with van der Waals surface area (Å²) in [5.74, 6) is 0.198. The number of aliphatic hydroxyl groups excluding tert-OH is 1. The maximum absolute atomic E-state index is 12.9. The molecule has 0 spiro atoms. The molecule has 1 aliphatic rings. The third kappa shape index (κ3) is 3.29. The zero-order chi connectivity index (χ0) is 15.5. The van der Waals surface area contributed by atoms with Crippen molar-refractivity contribution in [3.05, 3.63) is 35.4 Å². The minimum Gasteiger partial charge on any atom is -0.396 e. The fraction of sp³-hybridized carbons (Fsp3) is 0.611. The van der Waals surface area contributed by atoms with Crippen molar-refractivity contribution in [1.29, 1.82) is 0 Å². The summed E-state index contributed by atoms with van der Waals surface area (Å²) in [7, 11) is 0. The molecule has 0 aliphatic heterocycles. The molecule has 1 amide bonds. The summed E-state index contributed by atoms with van der Waals surface area (Å²) < 4.78 is 0. The highest BCUT2D eigenvalue weighted by Crippen LogP contribution is 2.41. The van der Waals surface area contributed by atoms with Crippen molar-refractivity contribution in [1.82, 2.24) is 5.32 Å². The Morgan fingerprint density at radius 3 is 2.57 bits per heavy atom. The number of aliphatic hydroxyl groups is 1. The lowest BCUT2D eigenvalue weighted by molar-refractivity contribution is -0.127. The van der Waals surface area contributed by atoms with Crippen LogP contribution >= 0.6 is 0 Å². The third-order valence-electron chi connectivity index (χ3n) is 4.96. The van der Waals surface area contributed by atoms with Crippen molar-refractivity contribution in [2.45, 2.75) is 57.9 Å². The maximum Gasteiger partial charge on any atom is 0.230 e. The first-order valence-electron chi connectivity index (χ1n) is 7.98. The Kier molecular flexibility index (Phi) is 5.04. The minimum atomic E-state index is -0.380. The van der Waals surface area contributed by atoms with Gasteiger partial charge >= 0.3 is 0 Å². The average Bonchev–Trinajstić information content (AvgIpc) is 2.97.